The zero-order valence-electron chi connectivity index (χ0n) is 21.0. The van der Waals surface area contributed by atoms with Crippen LogP contribution >= 0.6 is 22.9 Å². The van der Waals surface area contributed by atoms with Crippen LogP contribution in [-0.4, -0.2) is 18.3 Å². The molecule has 38 heavy (non-hydrogen) atoms. The lowest BCUT2D eigenvalue weighted by Gasteiger charge is -2.12. The number of rotatable bonds is 9. The number of methoxy groups -OCH3 is 1. The summed E-state index contributed by atoms with van der Waals surface area (Å²) in [6.45, 7) is 2.43. The Labute approximate surface area is 231 Å². The van der Waals surface area contributed by atoms with Crippen LogP contribution in [0.3, 0.4) is 0 Å². The smallest absolute Gasteiger partial charge is 0.204 e. The molecule has 1 aromatic heterocycles. The molecule has 0 radical (unpaired) electrons. The normalized spacial score (nSPS) is 11.0. The molecular formula is C31H26ClN3O2S. The number of nitrogens with zero attached hydrogens (tertiary/aromatic N) is 2. The van der Waals surface area contributed by atoms with E-state index < -0.39 is 0 Å². The molecule has 0 amide bonds. The number of thiazole rings is 1. The van der Waals surface area contributed by atoms with Gasteiger partial charge >= 0.3 is 0 Å². The van der Waals surface area contributed by atoms with E-state index in [4.69, 9.17) is 26.1 Å². The minimum atomic E-state index is 0.349. The van der Waals surface area contributed by atoms with Crippen LogP contribution in [0.2, 0.25) is 5.02 Å². The standard InChI is InChI=1S/C31H26ClN3O2S/c1-21-12-15-23(16-13-21)29-30(24-8-4-3-5-9-24)38-31(34-29)35-33-19-22-14-17-27(28(18-22)36-2)37-20-25-10-6-7-11-26(25)32/h3-19H,20H2,1-2H3,(H,34,35)/b33-19-. The van der Waals surface area contributed by atoms with E-state index in [1.54, 1.807) is 24.7 Å². The van der Waals surface area contributed by atoms with E-state index in [0.717, 1.165) is 32.8 Å². The van der Waals surface area contributed by atoms with Crippen molar-refractivity contribution in [1.29, 1.82) is 0 Å². The van der Waals surface area contributed by atoms with Crippen molar-refractivity contribution in [3.63, 3.8) is 0 Å². The molecule has 7 heteroatoms. The summed E-state index contributed by atoms with van der Waals surface area (Å²) < 4.78 is 11.5. The molecule has 0 saturated carbocycles. The van der Waals surface area contributed by atoms with E-state index in [0.29, 0.717) is 28.3 Å². The Morgan fingerprint density at radius 3 is 2.42 bits per heavy atom. The number of aryl methyl sites for hydroxylation is 1. The number of halogens is 1. The van der Waals surface area contributed by atoms with Crippen LogP contribution in [0.1, 0.15) is 16.7 Å². The fourth-order valence-electron chi connectivity index (χ4n) is 3.88. The van der Waals surface area contributed by atoms with Crippen molar-refractivity contribution in [2.24, 2.45) is 5.10 Å². The summed E-state index contributed by atoms with van der Waals surface area (Å²) >= 11 is 7.82. The highest BCUT2D eigenvalue weighted by Gasteiger charge is 2.15. The summed E-state index contributed by atoms with van der Waals surface area (Å²) in [5.41, 5.74) is 9.20. The van der Waals surface area contributed by atoms with Crippen LogP contribution < -0.4 is 14.9 Å². The number of ether oxygens (including phenoxy) is 2. The van der Waals surface area contributed by atoms with Gasteiger partial charge in [0.1, 0.15) is 6.61 Å². The summed E-state index contributed by atoms with van der Waals surface area (Å²) in [5, 5.41) is 5.82. The van der Waals surface area contributed by atoms with Gasteiger partial charge in [0, 0.05) is 16.1 Å². The highest BCUT2D eigenvalue weighted by atomic mass is 35.5. The first-order chi connectivity index (χ1) is 18.6. The molecule has 0 saturated heterocycles. The number of hydrazone groups is 1. The molecule has 0 unspecified atom stereocenters. The number of hydrogen-bond acceptors (Lipinski definition) is 6. The molecular weight excluding hydrogens is 514 g/mol. The fraction of sp³-hybridized carbons (Fsp3) is 0.0968. The largest absolute Gasteiger partial charge is 0.493 e. The van der Waals surface area contributed by atoms with Gasteiger partial charge in [-0.15, -0.1) is 0 Å². The van der Waals surface area contributed by atoms with Gasteiger partial charge in [0.05, 0.1) is 23.9 Å². The van der Waals surface area contributed by atoms with E-state index in [1.165, 1.54) is 5.56 Å². The Bertz CT molecular complexity index is 1550. The summed E-state index contributed by atoms with van der Waals surface area (Å²) in [4.78, 5) is 5.96. The van der Waals surface area contributed by atoms with Crippen molar-refractivity contribution in [2.75, 3.05) is 12.5 Å². The number of nitrogens with one attached hydrogen (secondary N) is 1. The first-order valence-corrected chi connectivity index (χ1v) is 13.3. The number of anilines is 1. The zero-order valence-corrected chi connectivity index (χ0v) is 22.6. The van der Waals surface area contributed by atoms with E-state index in [9.17, 15) is 0 Å². The third kappa shape index (κ3) is 6.05. The van der Waals surface area contributed by atoms with Crippen molar-refractivity contribution >= 4 is 34.3 Å². The number of aromatic nitrogens is 1. The van der Waals surface area contributed by atoms with Crippen LogP contribution in [0.15, 0.2) is 102 Å². The molecule has 0 aliphatic heterocycles. The lowest BCUT2D eigenvalue weighted by atomic mass is 10.1. The van der Waals surface area contributed by atoms with Gasteiger partial charge in [-0.1, -0.05) is 101 Å². The maximum atomic E-state index is 6.24. The van der Waals surface area contributed by atoms with Gasteiger partial charge in [0.25, 0.3) is 0 Å². The molecule has 0 aliphatic carbocycles. The molecule has 0 fully saturated rings. The van der Waals surface area contributed by atoms with Gasteiger partial charge in [-0.25, -0.2) is 4.98 Å². The Hall–Kier alpha value is -4.13. The molecule has 4 aromatic carbocycles. The average Bonchev–Trinajstić information content (AvgIpc) is 3.38. The van der Waals surface area contributed by atoms with Gasteiger partial charge in [0.15, 0.2) is 11.5 Å². The summed E-state index contributed by atoms with van der Waals surface area (Å²) in [6.07, 6.45) is 1.73. The summed E-state index contributed by atoms with van der Waals surface area (Å²) in [7, 11) is 1.62. The Morgan fingerprint density at radius 1 is 0.895 bits per heavy atom. The lowest BCUT2D eigenvalue weighted by Crippen LogP contribution is -1.99. The van der Waals surface area contributed by atoms with Crippen molar-refractivity contribution in [1.82, 2.24) is 4.98 Å². The molecule has 0 atom stereocenters. The topological polar surface area (TPSA) is 55.7 Å². The van der Waals surface area contributed by atoms with Crippen LogP contribution in [0.25, 0.3) is 21.7 Å². The summed E-state index contributed by atoms with van der Waals surface area (Å²) in [6, 6.07) is 32.0. The van der Waals surface area contributed by atoms with Crippen molar-refractivity contribution in [3.8, 4) is 33.2 Å². The van der Waals surface area contributed by atoms with Crippen LogP contribution in [0.5, 0.6) is 11.5 Å². The monoisotopic (exact) mass is 539 g/mol. The minimum absolute atomic E-state index is 0.349. The molecule has 1 heterocycles. The van der Waals surface area contributed by atoms with Crippen molar-refractivity contribution < 1.29 is 9.47 Å². The fourth-order valence-corrected chi connectivity index (χ4v) is 5.01. The number of benzene rings is 4. The van der Waals surface area contributed by atoms with E-state index >= 15 is 0 Å². The SMILES string of the molecule is COc1cc(/C=N\Nc2nc(-c3ccc(C)cc3)c(-c3ccccc3)s2)ccc1OCc1ccccc1Cl. The second kappa shape index (κ2) is 11.9. The third-order valence-corrected chi connectivity index (χ3v) is 7.27. The lowest BCUT2D eigenvalue weighted by molar-refractivity contribution is 0.284. The molecule has 5 rings (SSSR count). The van der Waals surface area contributed by atoms with Crippen molar-refractivity contribution in [2.45, 2.75) is 13.5 Å². The molecule has 0 bridgehead atoms. The second-order valence-corrected chi connectivity index (χ2v) is 10.00. The van der Waals surface area contributed by atoms with E-state index in [-0.39, 0.29) is 0 Å². The Balaban J connectivity index is 1.33. The van der Waals surface area contributed by atoms with Gasteiger partial charge in [-0.2, -0.15) is 5.10 Å². The maximum absolute atomic E-state index is 6.24. The molecule has 5 aromatic rings. The zero-order chi connectivity index (χ0) is 26.3. The summed E-state index contributed by atoms with van der Waals surface area (Å²) in [5.74, 6) is 1.25. The Kier molecular flexibility index (Phi) is 8.02. The predicted molar refractivity (Wildman–Crippen MR) is 158 cm³/mol. The van der Waals surface area contributed by atoms with Crippen molar-refractivity contribution in [3.05, 3.63) is 119 Å². The molecule has 190 valence electrons. The first kappa shape index (κ1) is 25.5. The molecule has 0 spiro atoms. The predicted octanol–water partition coefficient (Wildman–Crippen LogP) is 8.47. The first-order valence-electron chi connectivity index (χ1n) is 12.1. The molecule has 5 nitrogen and oxygen atoms in total. The third-order valence-electron chi connectivity index (χ3n) is 5.89. The van der Waals surface area contributed by atoms with Gasteiger partial charge in [0.2, 0.25) is 5.13 Å². The maximum Gasteiger partial charge on any atom is 0.204 e. The van der Waals surface area contributed by atoms with Crippen LogP contribution in [0, 0.1) is 6.92 Å². The quantitative estimate of drug-likeness (QED) is 0.151. The van der Waals surface area contributed by atoms with Gasteiger partial charge in [-0.3, -0.25) is 5.43 Å². The molecule has 1 N–H and O–H groups in total. The van der Waals surface area contributed by atoms with Crippen LogP contribution in [0.4, 0.5) is 5.13 Å². The Morgan fingerprint density at radius 2 is 1.66 bits per heavy atom. The van der Waals surface area contributed by atoms with Gasteiger partial charge in [-0.05, 0) is 42.3 Å². The molecule has 0 aliphatic rings. The second-order valence-electron chi connectivity index (χ2n) is 8.59. The van der Waals surface area contributed by atoms with E-state index in [1.807, 2.05) is 60.7 Å². The van der Waals surface area contributed by atoms with Crippen LogP contribution in [-0.2, 0) is 6.61 Å². The van der Waals surface area contributed by atoms with Gasteiger partial charge < -0.3 is 9.47 Å². The number of hydrogen-bond donors (Lipinski definition) is 1. The van der Waals surface area contributed by atoms with E-state index in [2.05, 4.69) is 53.8 Å². The highest BCUT2D eigenvalue weighted by molar-refractivity contribution is 7.19. The highest BCUT2D eigenvalue weighted by Crippen LogP contribution is 2.39. The average molecular weight is 540 g/mol. The minimum Gasteiger partial charge on any atom is -0.493 e.